The lowest BCUT2D eigenvalue weighted by atomic mass is 9.99. The number of piperidine rings is 1. The predicted octanol–water partition coefficient (Wildman–Crippen LogP) is 2.73. The number of benzene rings is 1. The van der Waals surface area contributed by atoms with Crippen molar-refractivity contribution in [1.29, 1.82) is 0 Å². The molecule has 1 saturated heterocycles. The van der Waals surface area contributed by atoms with Crippen LogP contribution in [0.4, 0.5) is 0 Å². The molecule has 0 bridgehead atoms. The SMILES string of the molecule is CC1CCN(Cc2ccc(CN=C(N)NC(C)C)cc2)CC1. The van der Waals surface area contributed by atoms with Gasteiger partial charge < -0.3 is 11.1 Å². The number of aliphatic imine (C=N–C) groups is 1. The lowest BCUT2D eigenvalue weighted by Gasteiger charge is -2.30. The van der Waals surface area contributed by atoms with Gasteiger partial charge in [-0.25, -0.2) is 4.99 Å². The fraction of sp³-hybridized carbons (Fsp3) is 0.611. The van der Waals surface area contributed by atoms with Crippen LogP contribution in [0.3, 0.4) is 0 Å². The number of hydrogen-bond acceptors (Lipinski definition) is 2. The molecule has 22 heavy (non-hydrogen) atoms. The summed E-state index contributed by atoms with van der Waals surface area (Å²) in [5, 5.41) is 3.10. The fourth-order valence-electron chi connectivity index (χ4n) is 2.75. The second-order valence-corrected chi connectivity index (χ2v) is 6.78. The molecule has 1 fully saturated rings. The van der Waals surface area contributed by atoms with E-state index in [1.165, 1.54) is 37.1 Å². The summed E-state index contributed by atoms with van der Waals surface area (Å²) in [6.07, 6.45) is 2.66. The highest BCUT2D eigenvalue weighted by molar-refractivity contribution is 5.78. The predicted molar refractivity (Wildman–Crippen MR) is 93.7 cm³/mol. The zero-order valence-corrected chi connectivity index (χ0v) is 14.2. The van der Waals surface area contributed by atoms with Crippen molar-refractivity contribution in [2.75, 3.05) is 13.1 Å². The normalized spacial score (nSPS) is 17.9. The molecule has 2 rings (SSSR count). The number of nitrogens with zero attached hydrogens (tertiary/aromatic N) is 2. The van der Waals surface area contributed by atoms with E-state index in [0.717, 1.165) is 12.5 Å². The zero-order valence-electron chi connectivity index (χ0n) is 14.2. The van der Waals surface area contributed by atoms with E-state index < -0.39 is 0 Å². The van der Waals surface area contributed by atoms with Gasteiger partial charge in [-0.1, -0.05) is 31.2 Å². The first-order valence-corrected chi connectivity index (χ1v) is 8.39. The molecule has 0 unspecified atom stereocenters. The van der Waals surface area contributed by atoms with E-state index in [1.807, 2.05) is 0 Å². The van der Waals surface area contributed by atoms with Gasteiger partial charge in [-0.2, -0.15) is 0 Å². The number of guanidine groups is 1. The Balaban J connectivity index is 1.82. The van der Waals surface area contributed by atoms with Gasteiger partial charge in [0, 0.05) is 12.6 Å². The summed E-state index contributed by atoms with van der Waals surface area (Å²) in [6.45, 7) is 10.6. The number of nitrogens with two attached hydrogens (primary N) is 1. The van der Waals surface area contributed by atoms with Crippen LogP contribution in [0.1, 0.15) is 44.7 Å². The Labute approximate surface area is 134 Å². The molecule has 1 aliphatic rings. The molecule has 4 heteroatoms. The maximum absolute atomic E-state index is 5.82. The third-order valence-electron chi connectivity index (χ3n) is 4.17. The highest BCUT2D eigenvalue weighted by Crippen LogP contribution is 2.18. The molecule has 0 saturated carbocycles. The number of rotatable bonds is 5. The summed E-state index contributed by atoms with van der Waals surface area (Å²) in [4.78, 5) is 6.91. The van der Waals surface area contributed by atoms with Crippen LogP contribution in [0, 0.1) is 5.92 Å². The maximum atomic E-state index is 5.82. The van der Waals surface area contributed by atoms with Gasteiger partial charge >= 0.3 is 0 Å². The van der Waals surface area contributed by atoms with Crippen LogP contribution in [-0.4, -0.2) is 30.0 Å². The van der Waals surface area contributed by atoms with E-state index in [2.05, 4.69) is 60.2 Å². The summed E-state index contributed by atoms with van der Waals surface area (Å²) >= 11 is 0. The smallest absolute Gasteiger partial charge is 0.189 e. The van der Waals surface area contributed by atoms with Gasteiger partial charge in [-0.3, -0.25) is 4.90 Å². The van der Waals surface area contributed by atoms with E-state index >= 15 is 0 Å². The van der Waals surface area contributed by atoms with Crippen LogP contribution in [0.5, 0.6) is 0 Å². The minimum Gasteiger partial charge on any atom is -0.370 e. The molecule has 1 aliphatic heterocycles. The monoisotopic (exact) mass is 302 g/mol. The van der Waals surface area contributed by atoms with E-state index in [-0.39, 0.29) is 0 Å². The Morgan fingerprint density at radius 1 is 1.23 bits per heavy atom. The third kappa shape index (κ3) is 5.68. The number of hydrogen-bond donors (Lipinski definition) is 2. The van der Waals surface area contributed by atoms with Gasteiger partial charge in [0.25, 0.3) is 0 Å². The van der Waals surface area contributed by atoms with Gasteiger partial charge in [-0.15, -0.1) is 0 Å². The van der Waals surface area contributed by atoms with Gasteiger partial charge in [0.15, 0.2) is 5.96 Å². The van der Waals surface area contributed by atoms with Crippen molar-refractivity contribution in [2.24, 2.45) is 16.6 Å². The summed E-state index contributed by atoms with van der Waals surface area (Å²) in [6, 6.07) is 9.07. The van der Waals surface area contributed by atoms with Crippen LogP contribution in [0.25, 0.3) is 0 Å². The minimum absolute atomic E-state index is 0.318. The van der Waals surface area contributed by atoms with Crippen LogP contribution in [0.15, 0.2) is 29.3 Å². The molecule has 0 aliphatic carbocycles. The second kappa shape index (κ2) is 8.18. The summed E-state index contributed by atoms with van der Waals surface area (Å²) in [5.74, 6) is 1.41. The first kappa shape index (κ1) is 16.8. The molecule has 3 N–H and O–H groups in total. The summed E-state index contributed by atoms with van der Waals surface area (Å²) < 4.78 is 0. The first-order valence-electron chi connectivity index (χ1n) is 8.39. The van der Waals surface area contributed by atoms with Crippen molar-refractivity contribution >= 4 is 5.96 Å². The average molecular weight is 302 g/mol. The van der Waals surface area contributed by atoms with Gasteiger partial charge in [0.2, 0.25) is 0 Å². The molecule has 1 aromatic carbocycles. The Hall–Kier alpha value is -1.55. The first-order chi connectivity index (χ1) is 10.5. The van der Waals surface area contributed by atoms with Gasteiger partial charge in [0.05, 0.1) is 6.54 Å². The van der Waals surface area contributed by atoms with E-state index in [4.69, 9.17) is 5.73 Å². The number of nitrogens with one attached hydrogen (secondary N) is 1. The molecular formula is C18H30N4. The van der Waals surface area contributed by atoms with Crippen LogP contribution in [-0.2, 0) is 13.1 Å². The Bertz CT molecular complexity index is 470. The second-order valence-electron chi connectivity index (χ2n) is 6.78. The molecule has 122 valence electrons. The van der Waals surface area contributed by atoms with Crippen molar-refractivity contribution in [3.63, 3.8) is 0 Å². The highest BCUT2D eigenvalue weighted by atomic mass is 15.1. The molecule has 1 aromatic rings. The zero-order chi connectivity index (χ0) is 15.9. The molecule has 4 nitrogen and oxygen atoms in total. The lowest BCUT2D eigenvalue weighted by Crippen LogP contribution is -2.36. The number of likely N-dealkylation sites (tertiary alicyclic amines) is 1. The van der Waals surface area contributed by atoms with Gasteiger partial charge in [-0.05, 0) is 56.8 Å². The van der Waals surface area contributed by atoms with Crippen molar-refractivity contribution in [2.45, 2.75) is 52.7 Å². The Morgan fingerprint density at radius 3 is 2.41 bits per heavy atom. The van der Waals surface area contributed by atoms with Crippen LogP contribution >= 0.6 is 0 Å². The third-order valence-corrected chi connectivity index (χ3v) is 4.17. The molecule has 0 atom stereocenters. The van der Waals surface area contributed by atoms with Crippen molar-refractivity contribution in [3.8, 4) is 0 Å². The van der Waals surface area contributed by atoms with Crippen molar-refractivity contribution < 1.29 is 0 Å². The molecule has 0 radical (unpaired) electrons. The average Bonchev–Trinajstić information content (AvgIpc) is 2.48. The summed E-state index contributed by atoms with van der Waals surface area (Å²) in [7, 11) is 0. The standard InChI is InChI=1S/C18H30N4/c1-14(2)21-18(19)20-12-16-4-6-17(7-5-16)13-22-10-8-15(3)9-11-22/h4-7,14-15H,8-13H2,1-3H3,(H3,19,20,21). The lowest BCUT2D eigenvalue weighted by molar-refractivity contribution is 0.185. The molecule has 0 aromatic heterocycles. The minimum atomic E-state index is 0.318. The summed E-state index contributed by atoms with van der Waals surface area (Å²) in [5.41, 5.74) is 8.40. The maximum Gasteiger partial charge on any atom is 0.189 e. The van der Waals surface area contributed by atoms with Crippen LogP contribution < -0.4 is 11.1 Å². The Morgan fingerprint density at radius 2 is 1.82 bits per heavy atom. The molecule has 1 heterocycles. The van der Waals surface area contributed by atoms with E-state index in [0.29, 0.717) is 18.5 Å². The molecular weight excluding hydrogens is 272 g/mol. The molecule has 0 spiro atoms. The highest BCUT2D eigenvalue weighted by Gasteiger charge is 2.15. The molecule has 0 amide bonds. The largest absolute Gasteiger partial charge is 0.370 e. The quantitative estimate of drug-likeness (QED) is 0.649. The van der Waals surface area contributed by atoms with E-state index in [1.54, 1.807) is 0 Å². The van der Waals surface area contributed by atoms with Crippen molar-refractivity contribution in [3.05, 3.63) is 35.4 Å². The van der Waals surface area contributed by atoms with Crippen molar-refractivity contribution in [1.82, 2.24) is 10.2 Å². The topological polar surface area (TPSA) is 53.6 Å². The van der Waals surface area contributed by atoms with Crippen LogP contribution in [0.2, 0.25) is 0 Å². The van der Waals surface area contributed by atoms with Gasteiger partial charge in [0.1, 0.15) is 0 Å². The van der Waals surface area contributed by atoms with E-state index in [9.17, 15) is 0 Å². The fourth-order valence-corrected chi connectivity index (χ4v) is 2.75. The Kier molecular flexibility index (Phi) is 6.25.